The van der Waals surface area contributed by atoms with Gasteiger partial charge in [0.15, 0.2) is 9.84 Å². The van der Waals surface area contributed by atoms with Gasteiger partial charge in [-0.25, -0.2) is 8.42 Å². The van der Waals surface area contributed by atoms with E-state index < -0.39 is 20.4 Å². The minimum Gasteiger partial charge on any atom is -0.496 e. The first-order chi connectivity index (χ1) is 12.8. The van der Waals surface area contributed by atoms with Gasteiger partial charge in [-0.2, -0.15) is 0 Å². The SMILES string of the molecule is COc1ccccc1C1(CNc2ccc([N+](=O)[O-])c(S(C)(=O)=O)c2)CCC1. The molecule has 7 nitrogen and oxygen atoms in total. The average Bonchev–Trinajstić information content (AvgIpc) is 2.60. The number of rotatable bonds is 7. The van der Waals surface area contributed by atoms with Gasteiger partial charge in [-0.3, -0.25) is 10.1 Å². The fourth-order valence-corrected chi connectivity index (χ4v) is 4.43. The third kappa shape index (κ3) is 3.75. The molecule has 0 atom stereocenters. The molecule has 144 valence electrons. The molecular weight excluding hydrogens is 368 g/mol. The Morgan fingerprint density at radius 2 is 1.93 bits per heavy atom. The summed E-state index contributed by atoms with van der Waals surface area (Å²) in [6.07, 6.45) is 4.06. The van der Waals surface area contributed by atoms with Crippen LogP contribution in [0.1, 0.15) is 24.8 Å². The molecule has 0 aromatic heterocycles. The van der Waals surface area contributed by atoms with Gasteiger partial charge in [0.25, 0.3) is 5.69 Å². The van der Waals surface area contributed by atoms with Crippen molar-refractivity contribution in [1.82, 2.24) is 0 Å². The Hall–Kier alpha value is -2.61. The Labute approximate surface area is 158 Å². The monoisotopic (exact) mass is 390 g/mol. The number of para-hydroxylation sites is 1. The molecule has 1 aliphatic rings. The van der Waals surface area contributed by atoms with E-state index in [4.69, 9.17) is 4.74 Å². The fraction of sp³-hybridized carbons (Fsp3) is 0.368. The van der Waals surface area contributed by atoms with E-state index in [9.17, 15) is 18.5 Å². The lowest BCUT2D eigenvalue weighted by molar-refractivity contribution is -0.387. The van der Waals surface area contributed by atoms with Gasteiger partial charge in [-0.05, 0) is 31.0 Å². The van der Waals surface area contributed by atoms with E-state index in [0.29, 0.717) is 12.2 Å². The van der Waals surface area contributed by atoms with E-state index in [1.54, 1.807) is 13.2 Å². The van der Waals surface area contributed by atoms with Crippen LogP contribution in [0.4, 0.5) is 11.4 Å². The number of hydrogen-bond donors (Lipinski definition) is 1. The first-order valence-electron chi connectivity index (χ1n) is 8.63. The van der Waals surface area contributed by atoms with Crippen molar-refractivity contribution in [2.45, 2.75) is 29.6 Å². The van der Waals surface area contributed by atoms with Crippen LogP contribution >= 0.6 is 0 Å². The van der Waals surface area contributed by atoms with Crippen molar-refractivity contribution in [2.24, 2.45) is 0 Å². The summed E-state index contributed by atoms with van der Waals surface area (Å²) in [7, 11) is -2.06. The van der Waals surface area contributed by atoms with Gasteiger partial charge < -0.3 is 10.1 Å². The molecule has 0 amide bonds. The van der Waals surface area contributed by atoms with Crippen LogP contribution in [0.3, 0.4) is 0 Å². The molecule has 1 fully saturated rings. The van der Waals surface area contributed by atoms with Crippen LogP contribution in [-0.4, -0.2) is 33.3 Å². The molecule has 27 heavy (non-hydrogen) atoms. The topological polar surface area (TPSA) is 98.5 Å². The number of anilines is 1. The number of methoxy groups -OCH3 is 1. The zero-order chi connectivity index (χ0) is 19.7. The first-order valence-corrected chi connectivity index (χ1v) is 10.5. The molecular formula is C19H22N2O5S. The van der Waals surface area contributed by atoms with Crippen molar-refractivity contribution in [3.05, 3.63) is 58.1 Å². The number of nitrogens with zero attached hydrogens (tertiary/aromatic N) is 1. The zero-order valence-corrected chi connectivity index (χ0v) is 16.1. The molecule has 1 N–H and O–H groups in total. The van der Waals surface area contributed by atoms with E-state index in [2.05, 4.69) is 11.4 Å². The van der Waals surface area contributed by atoms with E-state index in [0.717, 1.165) is 36.8 Å². The minimum absolute atomic E-state index is 0.0976. The molecule has 1 aliphatic carbocycles. The number of sulfone groups is 1. The van der Waals surface area contributed by atoms with Gasteiger partial charge in [0.05, 0.1) is 12.0 Å². The number of hydrogen-bond acceptors (Lipinski definition) is 6. The molecule has 0 spiro atoms. The Kier molecular flexibility index (Phi) is 5.10. The van der Waals surface area contributed by atoms with Crippen LogP contribution in [-0.2, 0) is 15.3 Å². The molecule has 3 rings (SSSR count). The Morgan fingerprint density at radius 3 is 2.48 bits per heavy atom. The van der Waals surface area contributed by atoms with Crippen LogP contribution < -0.4 is 10.1 Å². The molecule has 0 saturated heterocycles. The van der Waals surface area contributed by atoms with Crippen LogP contribution in [0.15, 0.2) is 47.4 Å². The third-order valence-electron chi connectivity index (χ3n) is 5.18. The summed E-state index contributed by atoms with van der Waals surface area (Å²) in [5, 5.41) is 14.4. The van der Waals surface area contributed by atoms with Crippen molar-refractivity contribution in [2.75, 3.05) is 25.2 Å². The van der Waals surface area contributed by atoms with Gasteiger partial charge in [0.2, 0.25) is 0 Å². The summed E-state index contributed by atoms with van der Waals surface area (Å²) in [5.74, 6) is 0.833. The van der Waals surface area contributed by atoms with Gasteiger partial charge >= 0.3 is 0 Å². The molecule has 1 saturated carbocycles. The number of nitro benzene ring substituents is 1. The predicted molar refractivity (Wildman–Crippen MR) is 103 cm³/mol. The van der Waals surface area contributed by atoms with Crippen molar-refractivity contribution in [3.63, 3.8) is 0 Å². The van der Waals surface area contributed by atoms with E-state index in [1.807, 2.05) is 18.2 Å². The maximum Gasteiger partial charge on any atom is 0.288 e. The summed E-state index contributed by atoms with van der Waals surface area (Å²) in [6, 6.07) is 12.0. The maximum absolute atomic E-state index is 11.9. The summed E-state index contributed by atoms with van der Waals surface area (Å²) in [5.41, 5.74) is 1.16. The smallest absolute Gasteiger partial charge is 0.288 e. The Morgan fingerprint density at radius 1 is 1.22 bits per heavy atom. The highest BCUT2D eigenvalue weighted by Gasteiger charge is 2.40. The van der Waals surface area contributed by atoms with Gasteiger partial charge in [-0.15, -0.1) is 0 Å². The van der Waals surface area contributed by atoms with E-state index in [-0.39, 0.29) is 10.3 Å². The summed E-state index contributed by atoms with van der Waals surface area (Å²) in [6.45, 7) is 0.592. The molecule has 2 aromatic rings. The molecule has 0 unspecified atom stereocenters. The van der Waals surface area contributed by atoms with Gasteiger partial charge in [-0.1, -0.05) is 24.6 Å². The standard InChI is InChI=1S/C19H22N2O5S/c1-26-17-7-4-3-6-15(17)19(10-5-11-19)13-20-14-8-9-16(21(22)23)18(12-14)27(2,24)25/h3-4,6-9,12,20H,5,10-11,13H2,1-2H3. The van der Waals surface area contributed by atoms with Crippen molar-refractivity contribution in [1.29, 1.82) is 0 Å². The highest BCUT2D eigenvalue weighted by atomic mass is 32.2. The number of nitro groups is 1. The summed E-state index contributed by atoms with van der Waals surface area (Å²) < 4.78 is 29.4. The number of nitrogens with one attached hydrogen (secondary N) is 1. The molecule has 0 aliphatic heterocycles. The largest absolute Gasteiger partial charge is 0.496 e. The number of benzene rings is 2. The third-order valence-corrected chi connectivity index (χ3v) is 6.30. The Bertz CT molecular complexity index is 968. The molecule has 8 heteroatoms. The molecule has 0 bridgehead atoms. The van der Waals surface area contributed by atoms with Crippen molar-refractivity contribution >= 4 is 21.2 Å². The molecule has 2 aromatic carbocycles. The highest BCUT2D eigenvalue weighted by Crippen LogP contribution is 2.47. The Balaban J connectivity index is 1.89. The second kappa shape index (κ2) is 7.19. The normalized spacial score (nSPS) is 15.6. The minimum atomic E-state index is -3.71. The first kappa shape index (κ1) is 19.2. The van der Waals surface area contributed by atoms with Crippen LogP contribution in [0.2, 0.25) is 0 Å². The second-order valence-corrected chi connectivity index (χ2v) is 8.88. The predicted octanol–water partition coefficient (Wildman–Crippen LogP) is 3.54. The quantitative estimate of drug-likeness (QED) is 0.573. The van der Waals surface area contributed by atoms with Crippen LogP contribution in [0, 0.1) is 10.1 Å². The average molecular weight is 390 g/mol. The number of ether oxygens (including phenoxy) is 1. The fourth-order valence-electron chi connectivity index (χ4n) is 3.57. The molecule has 0 radical (unpaired) electrons. The van der Waals surface area contributed by atoms with Crippen LogP contribution in [0.5, 0.6) is 5.75 Å². The van der Waals surface area contributed by atoms with Gasteiger partial charge in [0.1, 0.15) is 10.6 Å². The lowest BCUT2D eigenvalue weighted by Crippen LogP contribution is -2.41. The van der Waals surface area contributed by atoms with Crippen LogP contribution in [0.25, 0.3) is 0 Å². The van der Waals surface area contributed by atoms with Gasteiger partial charge in [0, 0.05) is 35.5 Å². The van der Waals surface area contributed by atoms with Crippen molar-refractivity contribution in [3.8, 4) is 5.75 Å². The summed E-state index contributed by atoms with van der Waals surface area (Å²) >= 11 is 0. The molecule has 0 heterocycles. The van der Waals surface area contributed by atoms with E-state index >= 15 is 0 Å². The van der Waals surface area contributed by atoms with Crippen molar-refractivity contribution < 1.29 is 18.1 Å². The highest BCUT2D eigenvalue weighted by molar-refractivity contribution is 7.90. The lowest BCUT2D eigenvalue weighted by Gasteiger charge is -2.43. The second-order valence-electron chi connectivity index (χ2n) is 6.90. The lowest BCUT2D eigenvalue weighted by atomic mass is 9.64. The summed E-state index contributed by atoms with van der Waals surface area (Å²) in [4.78, 5) is 10.2. The zero-order valence-electron chi connectivity index (χ0n) is 15.3. The maximum atomic E-state index is 11.9. The van der Waals surface area contributed by atoms with E-state index in [1.165, 1.54) is 12.1 Å².